The Morgan fingerprint density at radius 2 is 1.82 bits per heavy atom. The Hall–Kier alpha value is -3.38. The molecule has 0 bridgehead atoms. The van der Waals surface area contributed by atoms with E-state index in [2.05, 4.69) is 71.5 Å². The minimum atomic E-state index is 0.322. The summed E-state index contributed by atoms with van der Waals surface area (Å²) in [4.78, 5) is 9.79. The summed E-state index contributed by atoms with van der Waals surface area (Å²) in [6.07, 6.45) is 7.28. The predicted molar refractivity (Wildman–Crippen MR) is 138 cm³/mol. The molecule has 4 aromatic rings. The first kappa shape index (κ1) is 22.4. The number of ether oxygens (including phenoxy) is 1. The van der Waals surface area contributed by atoms with Crippen LogP contribution in [0.25, 0.3) is 16.6 Å². The number of methoxy groups -OCH3 is 1. The average Bonchev–Trinajstić information content (AvgIpc) is 3.26. The molecule has 3 heterocycles. The van der Waals surface area contributed by atoms with Gasteiger partial charge in [-0.1, -0.05) is 37.6 Å². The van der Waals surface area contributed by atoms with E-state index in [9.17, 15) is 0 Å². The van der Waals surface area contributed by atoms with E-state index in [1.807, 2.05) is 23.0 Å². The number of hydrogen-bond donors (Lipinski definition) is 0. The summed E-state index contributed by atoms with van der Waals surface area (Å²) in [6, 6.07) is 21.1. The Bertz CT molecular complexity index is 1220. The fraction of sp³-hybridized carbons (Fsp3) is 0.357. The number of anilines is 1. The zero-order valence-corrected chi connectivity index (χ0v) is 20.1. The van der Waals surface area contributed by atoms with Crippen molar-refractivity contribution < 1.29 is 4.74 Å². The molecule has 0 radical (unpaired) electrons. The second-order valence-corrected chi connectivity index (χ2v) is 8.89. The Labute approximate surface area is 201 Å². The number of fused-ring (bicyclic) bond motifs is 1. The maximum Gasteiger partial charge on any atom is 0.144 e. The lowest BCUT2D eigenvalue weighted by molar-refractivity contribution is 0.195. The van der Waals surface area contributed by atoms with E-state index >= 15 is 0 Å². The molecular formula is C28H33N5O. The van der Waals surface area contributed by atoms with Gasteiger partial charge in [0.15, 0.2) is 0 Å². The maximum absolute atomic E-state index is 5.77. The molecule has 1 atom stereocenters. The van der Waals surface area contributed by atoms with Crippen LogP contribution < -0.4 is 9.64 Å². The normalized spacial score (nSPS) is 15.9. The Morgan fingerprint density at radius 1 is 0.941 bits per heavy atom. The van der Waals surface area contributed by atoms with Gasteiger partial charge in [-0.15, -0.1) is 0 Å². The fourth-order valence-electron chi connectivity index (χ4n) is 5.09. The summed E-state index contributed by atoms with van der Waals surface area (Å²) in [5.74, 6) is 0.895. The number of nitrogens with zero attached hydrogens (tertiary/aromatic N) is 5. The molecule has 0 spiro atoms. The van der Waals surface area contributed by atoms with Crippen LogP contribution in [0.5, 0.6) is 5.75 Å². The van der Waals surface area contributed by atoms with Crippen LogP contribution in [-0.4, -0.2) is 53.0 Å². The first-order chi connectivity index (χ1) is 16.8. The topological polar surface area (TPSA) is 46.4 Å². The van der Waals surface area contributed by atoms with Crippen molar-refractivity contribution in [3.63, 3.8) is 0 Å². The van der Waals surface area contributed by atoms with Crippen molar-refractivity contribution in [3.8, 4) is 11.4 Å². The molecule has 1 unspecified atom stereocenters. The van der Waals surface area contributed by atoms with Gasteiger partial charge in [0.25, 0.3) is 0 Å². The van der Waals surface area contributed by atoms with Gasteiger partial charge in [-0.25, -0.2) is 4.68 Å². The van der Waals surface area contributed by atoms with Crippen LogP contribution in [0.4, 0.5) is 5.69 Å². The first-order valence-corrected chi connectivity index (χ1v) is 12.3. The highest BCUT2D eigenvalue weighted by atomic mass is 16.5. The van der Waals surface area contributed by atoms with Gasteiger partial charge in [-0.3, -0.25) is 9.88 Å². The van der Waals surface area contributed by atoms with Crippen LogP contribution in [0.1, 0.15) is 37.9 Å². The molecule has 0 N–H and O–H groups in total. The summed E-state index contributed by atoms with van der Waals surface area (Å²) in [6.45, 7) is 6.22. The van der Waals surface area contributed by atoms with E-state index in [1.54, 1.807) is 7.11 Å². The zero-order valence-electron chi connectivity index (χ0n) is 20.1. The van der Waals surface area contributed by atoms with Crippen LogP contribution >= 0.6 is 0 Å². The summed E-state index contributed by atoms with van der Waals surface area (Å²) >= 11 is 0. The summed E-state index contributed by atoms with van der Waals surface area (Å²) < 4.78 is 7.76. The number of pyridine rings is 1. The van der Waals surface area contributed by atoms with Crippen molar-refractivity contribution in [2.24, 2.45) is 0 Å². The summed E-state index contributed by atoms with van der Waals surface area (Å²) in [5.41, 5.74) is 4.38. The van der Waals surface area contributed by atoms with E-state index in [1.165, 1.54) is 0 Å². The van der Waals surface area contributed by atoms with Gasteiger partial charge in [-0.05, 0) is 49.2 Å². The van der Waals surface area contributed by atoms with E-state index < -0.39 is 0 Å². The molecule has 1 saturated heterocycles. The molecule has 6 nitrogen and oxygen atoms in total. The molecule has 0 amide bonds. The van der Waals surface area contributed by atoms with Crippen molar-refractivity contribution in [2.75, 3.05) is 38.2 Å². The molecule has 2 aromatic carbocycles. The van der Waals surface area contributed by atoms with Crippen molar-refractivity contribution in [3.05, 3.63) is 78.8 Å². The smallest absolute Gasteiger partial charge is 0.144 e. The summed E-state index contributed by atoms with van der Waals surface area (Å²) in [5, 5.41) is 6.13. The number of benzene rings is 2. The minimum absolute atomic E-state index is 0.322. The molecule has 5 rings (SSSR count). The number of para-hydroxylation sites is 1. The van der Waals surface area contributed by atoms with Crippen LogP contribution in [-0.2, 0) is 0 Å². The molecular weight excluding hydrogens is 422 g/mol. The monoisotopic (exact) mass is 455 g/mol. The van der Waals surface area contributed by atoms with Crippen molar-refractivity contribution in [2.45, 2.75) is 32.2 Å². The number of aromatic nitrogens is 3. The molecule has 1 fully saturated rings. The highest BCUT2D eigenvalue weighted by molar-refractivity contribution is 5.94. The molecule has 1 aliphatic heterocycles. The van der Waals surface area contributed by atoms with Gasteiger partial charge < -0.3 is 9.64 Å². The third-order valence-corrected chi connectivity index (χ3v) is 6.75. The predicted octanol–water partition coefficient (Wildman–Crippen LogP) is 5.48. The van der Waals surface area contributed by atoms with Crippen molar-refractivity contribution >= 4 is 16.6 Å². The van der Waals surface area contributed by atoms with E-state index in [0.717, 1.165) is 79.2 Å². The SMILES string of the molecule is CCCC(c1ccn(-c2ccccc2)n1)N1CCCN(c2c(OC)ccc3cccnc23)CC1. The lowest BCUT2D eigenvalue weighted by Crippen LogP contribution is -2.34. The van der Waals surface area contributed by atoms with Gasteiger partial charge in [0.05, 0.1) is 30.0 Å². The van der Waals surface area contributed by atoms with Crippen LogP contribution in [0, 0.1) is 0 Å². The lowest BCUT2D eigenvalue weighted by Gasteiger charge is -2.30. The second-order valence-electron chi connectivity index (χ2n) is 8.89. The highest BCUT2D eigenvalue weighted by Crippen LogP contribution is 2.36. The molecule has 0 saturated carbocycles. The Kier molecular flexibility index (Phi) is 6.77. The molecule has 0 aliphatic carbocycles. The van der Waals surface area contributed by atoms with Gasteiger partial charge in [-0.2, -0.15) is 5.10 Å². The Morgan fingerprint density at radius 3 is 2.65 bits per heavy atom. The molecule has 6 heteroatoms. The van der Waals surface area contributed by atoms with Crippen LogP contribution in [0.2, 0.25) is 0 Å². The third-order valence-electron chi connectivity index (χ3n) is 6.75. The van der Waals surface area contributed by atoms with E-state index in [-0.39, 0.29) is 0 Å². The highest BCUT2D eigenvalue weighted by Gasteiger charge is 2.26. The van der Waals surface area contributed by atoms with E-state index in [0.29, 0.717) is 6.04 Å². The molecule has 176 valence electrons. The molecule has 2 aromatic heterocycles. The minimum Gasteiger partial charge on any atom is -0.494 e. The number of rotatable bonds is 7. The lowest BCUT2D eigenvalue weighted by atomic mass is 10.1. The number of hydrogen-bond acceptors (Lipinski definition) is 5. The molecule has 1 aliphatic rings. The van der Waals surface area contributed by atoms with E-state index in [4.69, 9.17) is 14.8 Å². The van der Waals surface area contributed by atoms with Crippen LogP contribution in [0.3, 0.4) is 0 Å². The third kappa shape index (κ3) is 4.50. The quantitative estimate of drug-likeness (QED) is 0.369. The van der Waals surface area contributed by atoms with Crippen LogP contribution in [0.15, 0.2) is 73.1 Å². The van der Waals surface area contributed by atoms with Gasteiger partial charge in [0, 0.05) is 44.0 Å². The fourth-order valence-corrected chi connectivity index (χ4v) is 5.09. The molecule has 34 heavy (non-hydrogen) atoms. The largest absolute Gasteiger partial charge is 0.494 e. The zero-order chi connectivity index (χ0) is 23.3. The van der Waals surface area contributed by atoms with Gasteiger partial charge in [0.1, 0.15) is 11.4 Å². The summed E-state index contributed by atoms with van der Waals surface area (Å²) in [7, 11) is 1.75. The first-order valence-electron chi connectivity index (χ1n) is 12.3. The van der Waals surface area contributed by atoms with Gasteiger partial charge >= 0.3 is 0 Å². The standard InChI is InChI=1S/C28H33N5O/c1-3-9-25(24-15-19-33(30-24)23-11-5-4-6-12-23)31-17-8-18-32(21-20-31)28-26(34-2)14-13-22-10-7-16-29-27(22)28/h4-7,10-16,19,25H,3,8-9,17-18,20-21H2,1-2H3. The Balaban J connectivity index is 1.39. The maximum atomic E-state index is 5.77. The average molecular weight is 456 g/mol. The van der Waals surface area contributed by atoms with Gasteiger partial charge in [0.2, 0.25) is 0 Å². The van der Waals surface area contributed by atoms with Crippen molar-refractivity contribution in [1.82, 2.24) is 19.7 Å². The second kappa shape index (κ2) is 10.3. The van der Waals surface area contributed by atoms with Crippen molar-refractivity contribution in [1.29, 1.82) is 0 Å².